The molecule has 130 valence electrons. The first-order valence-corrected chi connectivity index (χ1v) is 7.61. The van der Waals surface area contributed by atoms with Crippen molar-refractivity contribution in [3.05, 3.63) is 71.0 Å². The fourth-order valence-electron chi connectivity index (χ4n) is 2.71. The highest BCUT2D eigenvalue weighted by Gasteiger charge is 2.44. The third-order valence-corrected chi connectivity index (χ3v) is 4.05. The van der Waals surface area contributed by atoms with Crippen LogP contribution >= 0.6 is 0 Å². The van der Waals surface area contributed by atoms with E-state index in [2.05, 4.69) is 10.5 Å². The number of hydrogen-bond donors (Lipinski definition) is 1. The van der Waals surface area contributed by atoms with E-state index in [0.717, 1.165) is 17.8 Å². The highest BCUT2D eigenvalue weighted by atomic mass is 19.4. The molecular formula is C18H14F4N2O. The second kappa shape index (κ2) is 6.66. The van der Waals surface area contributed by atoms with Crippen LogP contribution in [-0.4, -0.2) is 12.1 Å². The molecule has 0 bridgehead atoms. The predicted molar refractivity (Wildman–Crippen MR) is 84.4 cm³/mol. The summed E-state index contributed by atoms with van der Waals surface area (Å²) in [7, 11) is 0. The second-order valence-corrected chi connectivity index (χ2v) is 5.82. The van der Waals surface area contributed by atoms with Crippen molar-refractivity contribution >= 4 is 12.1 Å². The lowest BCUT2D eigenvalue weighted by atomic mass is 10.1. The summed E-state index contributed by atoms with van der Waals surface area (Å²) >= 11 is 0. The zero-order valence-corrected chi connectivity index (χ0v) is 12.9. The van der Waals surface area contributed by atoms with Gasteiger partial charge in [0, 0.05) is 11.5 Å². The fourth-order valence-corrected chi connectivity index (χ4v) is 2.71. The molecule has 0 aromatic heterocycles. The number of amides is 1. The third kappa shape index (κ3) is 4.04. The third-order valence-electron chi connectivity index (χ3n) is 4.05. The standard InChI is InChI=1S/C18H14F4N2O/c19-13-6-3-5-11(8-13)14-9-15(14)17(25)24-23-10-12-4-1-2-7-16(12)18(20,21)22/h1-8,10,14-15H,9H2,(H,24,25). The van der Waals surface area contributed by atoms with E-state index in [9.17, 15) is 22.4 Å². The number of nitrogens with zero attached hydrogens (tertiary/aromatic N) is 1. The Hall–Kier alpha value is -2.70. The van der Waals surface area contributed by atoms with E-state index in [-0.39, 0.29) is 23.2 Å². The van der Waals surface area contributed by atoms with Gasteiger partial charge in [0.2, 0.25) is 5.91 Å². The normalized spacial score (nSPS) is 19.8. The van der Waals surface area contributed by atoms with Gasteiger partial charge in [0.15, 0.2) is 0 Å². The van der Waals surface area contributed by atoms with Crippen molar-refractivity contribution in [2.24, 2.45) is 11.0 Å². The number of carbonyl (C=O) groups excluding carboxylic acids is 1. The van der Waals surface area contributed by atoms with Gasteiger partial charge in [-0.1, -0.05) is 30.3 Å². The molecule has 0 heterocycles. The van der Waals surface area contributed by atoms with Crippen molar-refractivity contribution in [2.75, 3.05) is 0 Å². The molecule has 2 aromatic carbocycles. The molecule has 1 aliphatic rings. The molecule has 7 heteroatoms. The maximum atomic E-state index is 13.2. The van der Waals surface area contributed by atoms with Crippen molar-refractivity contribution < 1.29 is 22.4 Å². The van der Waals surface area contributed by atoms with Crippen LogP contribution in [0.4, 0.5) is 17.6 Å². The largest absolute Gasteiger partial charge is 0.417 e. The minimum absolute atomic E-state index is 0.0895. The van der Waals surface area contributed by atoms with Gasteiger partial charge in [0.25, 0.3) is 0 Å². The topological polar surface area (TPSA) is 41.5 Å². The minimum atomic E-state index is -4.49. The molecular weight excluding hydrogens is 336 g/mol. The number of rotatable bonds is 4. The van der Waals surface area contributed by atoms with E-state index in [0.29, 0.717) is 6.42 Å². The van der Waals surface area contributed by atoms with E-state index in [1.807, 2.05) is 0 Å². The Kier molecular flexibility index (Phi) is 4.57. The van der Waals surface area contributed by atoms with Crippen molar-refractivity contribution in [2.45, 2.75) is 18.5 Å². The first kappa shape index (κ1) is 17.1. The maximum Gasteiger partial charge on any atom is 0.417 e. The highest BCUT2D eigenvalue weighted by molar-refractivity contribution is 5.86. The van der Waals surface area contributed by atoms with Crippen LogP contribution in [0.5, 0.6) is 0 Å². The Labute approximate surface area is 141 Å². The van der Waals surface area contributed by atoms with Gasteiger partial charge in [-0.15, -0.1) is 0 Å². The molecule has 2 atom stereocenters. The van der Waals surface area contributed by atoms with Gasteiger partial charge in [-0.25, -0.2) is 9.82 Å². The number of alkyl halides is 3. The van der Waals surface area contributed by atoms with E-state index < -0.39 is 17.6 Å². The number of carbonyl (C=O) groups is 1. The van der Waals surface area contributed by atoms with Crippen LogP contribution in [0.25, 0.3) is 0 Å². The van der Waals surface area contributed by atoms with Gasteiger partial charge >= 0.3 is 6.18 Å². The Morgan fingerprint density at radius 3 is 2.64 bits per heavy atom. The van der Waals surface area contributed by atoms with Gasteiger partial charge in [-0.3, -0.25) is 4.79 Å². The zero-order valence-electron chi connectivity index (χ0n) is 12.9. The highest BCUT2D eigenvalue weighted by Crippen LogP contribution is 2.47. The molecule has 0 saturated heterocycles. The molecule has 0 aliphatic heterocycles. The molecule has 3 nitrogen and oxygen atoms in total. The van der Waals surface area contributed by atoms with E-state index >= 15 is 0 Å². The van der Waals surface area contributed by atoms with Crippen LogP contribution in [-0.2, 0) is 11.0 Å². The molecule has 1 aliphatic carbocycles. The molecule has 1 amide bonds. The monoisotopic (exact) mass is 350 g/mol. The van der Waals surface area contributed by atoms with Gasteiger partial charge < -0.3 is 0 Å². The van der Waals surface area contributed by atoms with Gasteiger partial charge in [0.05, 0.1) is 11.8 Å². The lowest BCUT2D eigenvalue weighted by Gasteiger charge is -2.09. The average Bonchev–Trinajstić information content (AvgIpc) is 3.35. The minimum Gasteiger partial charge on any atom is -0.273 e. The van der Waals surface area contributed by atoms with Gasteiger partial charge in [0.1, 0.15) is 5.82 Å². The summed E-state index contributed by atoms with van der Waals surface area (Å²) in [6.45, 7) is 0. The molecule has 1 fully saturated rings. The molecule has 2 aromatic rings. The number of nitrogens with one attached hydrogen (secondary N) is 1. The van der Waals surface area contributed by atoms with Gasteiger partial charge in [-0.2, -0.15) is 18.3 Å². The Morgan fingerprint density at radius 2 is 1.92 bits per heavy atom. The van der Waals surface area contributed by atoms with Crippen LogP contribution < -0.4 is 5.43 Å². The number of hydrazone groups is 1. The summed E-state index contributed by atoms with van der Waals surface area (Å²) in [5, 5.41) is 3.62. The molecule has 1 N–H and O–H groups in total. The molecule has 2 unspecified atom stereocenters. The fraction of sp³-hybridized carbons (Fsp3) is 0.222. The SMILES string of the molecule is O=C(NN=Cc1ccccc1C(F)(F)F)C1CC1c1cccc(F)c1. The van der Waals surface area contributed by atoms with Crippen molar-refractivity contribution in [1.29, 1.82) is 0 Å². The molecule has 25 heavy (non-hydrogen) atoms. The quantitative estimate of drug-likeness (QED) is 0.503. The average molecular weight is 350 g/mol. The van der Waals surface area contributed by atoms with E-state index in [1.54, 1.807) is 12.1 Å². The summed E-state index contributed by atoms with van der Waals surface area (Å²) in [6.07, 6.45) is -2.96. The molecule has 0 radical (unpaired) electrons. The number of hydrogen-bond acceptors (Lipinski definition) is 2. The number of halogens is 4. The van der Waals surface area contributed by atoms with E-state index in [1.165, 1.54) is 30.3 Å². The van der Waals surface area contributed by atoms with Crippen LogP contribution in [0.3, 0.4) is 0 Å². The first-order chi connectivity index (χ1) is 11.9. The second-order valence-electron chi connectivity index (χ2n) is 5.82. The van der Waals surface area contributed by atoms with E-state index in [4.69, 9.17) is 0 Å². The molecule has 3 rings (SSSR count). The predicted octanol–water partition coefficient (Wildman–Crippen LogP) is 4.10. The van der Waals surface area contributed by atoms with Crippen molar-refractivity contribution in [3.63, 3.8) is 0 Å². The zero-order chi connectivity index (χ0) is 18.0. The maximum absolute atomic E-state index is 13.2. The summed E-state index contributed by atoms with van der Waals surface area (Å²) in [4.78, 5) is 12.0. The molecule has 1 saturated carbocycles. The van der Waals surface area contributed by atoms with Crippen molar-refractivity contribution in [1.82, 2.24) is 5.43 Å². The van der Waals surface area contributed by atoms with Crippen LogP contribution in [0.1, 0.15) is 29.0 Å². The van der Waals surface area contributed by atoms with Crippen LogP contribution in [0.2, 0.25) is 0 Å². The summed E-state index contributed by atoms with van der Waals surface area (Å²) in [5.41, 5.74) is 2.03. The smallest absolute Gasteiger partial charge is 0.273 e. The van der Waals surface area contributed by atoms with Gasteiger partial charge in [-0.05, 0) is 36.1 Å². The summed E-state index contributed by atoms with van der Waals surface area (Å²) in [5.74, 6) is -1.20. The Morgan fingerprint density at radius 1 is 1.16 bits per heavy atom. The van der Waals surface area contributed by atoms with Crippen LogP contribution in [0, 0.1) is 11.7 Å². The Balaban J connectivity index is 1.62. The van der Waals surface area contributed by atoms with Crippen molar-refractivity contribution in [3.8, 4) is 0 Å². The molecule has 0 spiro atoms. The lowest BCUT2D eigenvalue weighted by molar-refractivity contribution is -0.137. The lowest BCUT2D eigenvalue weighted by Crippen LogP contribution is -2.20. The van der Waals surface area contributed by atoms with Crippen LogP contribution in [0.15, 0.2) is 53.6 Å². The number of benzene rings is 2. The first-order valence-electron chi connectivity index (χ1n) is 7.61. The summed E-state index contributed by atoms with van der Waals surface area (Å²) < 4.78 is 51.8. The Bertz CT molecular complexity index is 817. The summed E-state index contributed by atoms with van der Waals surface area (Å²) in [6, 6.07) is 11.0.